The fraction of sp³-hybridized carbons (Fsp3) is 0.267. The summed E-state index contributed by atoms with van der Waals surface area (Å²) in [6.45, 7) is 2.84. The molecular weight excluding hydrogens is 268 g/mol. The number of anilines is 1. The smallest absolute Gasteiger partial charge is 0.224 e. The number of nitrogens with one attached hydrogen (secondary N) is 1. The maximum absolute atomic E-state index is 8.77. The molecule has 1 aromatic heterocycles. The van der Waals surface area contributed by atoms with Crippen molar-refractivity contribution in [1.82, 2.24) is 9.97 Å². The van der Waals surface area contributed by atoms with Crippen LogP contribution in [0.15, 0.2) is 30.3 Å². The Morgan fingerprint density at radius 2 is 2.00 bits per heavy atom. The Morgan fingerprint density at radius 3 is 2.62 bits per heavy atom. The summed E-state index contributed by atoms with van der Waals surface area (Å²) in [6.07, 6.45) is 0. The fourth-order valence-corrected chi connectivity index (χ4v) is 1.63. The minimum Gasteiger partial charge on any atom is -0.439 e. The molecule has 0 atom stereocenters. The molecule has 6 heteroatoms. The topological polar surface area (TPSA) is 80.1 Å². The number of benzene rings is 1. The average Bonchev–Trinajstić information content (AvgIpc) is 2.53. The molecule has 1 heterocycles. The highest BCUT2D eigenvalue weighted by molar-refractivity contribution is 5.40. The Kier molecular flexibility index (Phi) is 5.07. The standard InChI is InChI=1S/C15H16N4O2/c1-3-20-10-14-18-13(17-2)8-15(19-14)21-12-6-4-11(9-16)5-7-12/h4-8H,3,10H2,1-2H3,(H,17,18,19). The van der Waals surface area contributed by atoms with E-state index >= 15 is 0 Å². The summed E-state index contributed by atoms with van der Waals surface area (Å²) >= 11 is 0. The third-order valence-corrected chi connectivity index (χ3v) is 2.65. The van der Waals surface area contributed by atoms with Gasteiger partial charge in [-0.15, -0.1) is 0 Å². The lowest BCUT2D eigenvalue weighted by molar-refractivity contribution is 0.128. The predicted molar refractivity (Wildman–Crippen MR) is 78.1 cm³/mol. The minimum atomic E-state index is 0.329. The average molecular weight is 284 g/mol. The third-order valence-electron chi connectivity index (χ3n) is 2.65. The lowest BCUT2D eigenvalue weighted by Crippen LogP contribution is -2.04. The lowest BCUT2D eigenvalue weighted by Gasteiger charge is -2.09. The number of aromatic nitrogens is 2. The number of hydrogen-bond acceptors (Lipinski definition) is 6. The maximum Gasteiger partial charge on any atom is 0.224 e. The fourth-order valence-electron chi connectivity index (χ4n) is 1.63. The van der Waals surface area contributed by atoms with Crippen LogP contribution in [0.2, 0.25) is 0 Å². The number of ether oxygens (including phenoxy) is 2. The van der Waals surface area contributed by atoms with Crippen LogP contribution in [0.3, 0.4) is 0 Å². The Morgan fingerprint density at radius 1 is 1.24 bits per heavy atom. The first-order valence-corrected chi connectivity index (χ1v) is 6.56. The van der Waals surface area contributed by atoms with E-state index in [1.807, 2.05) is 6.92 Å². The normalized spacial score (nSPS) is 9.95. The van der Waals surface area contributed by atoms with Crippen molar-refractivity contribution in [2.45, 2.75) is 13.5 Å². The van der Waals surface area contributed by atoms with Crippen molar-refractivity contribution in [3.05, 3.63) is 41.7 Å². The monoisotopic (exact) mass is 284 g/mol. The van der Waals surface area contributed by atoms with Crippen LogP contribution in [0.25, 0.3) is 0 Å². The van der Waals surface area contributed by atoms with Crippen molar-refractivity contribution in [3.8, 4) is 17.7 Å². The number of rotatable bonds is 6. The highest BCUT2D eigenvalue weighted by Crippen LogP contribution is 2.22. The van der Waals surface area contributed by atoms with Crippen LogP contribution in [0, 0.1) is 11.3 Å². The van der Waals surface area contributed by atoms with E-state index < -0.39 is 0 Å². The second-order valence-electron chi connectivity index (χ2n) is 4.13. The first-order valence-electron chi connectivity index (χ1n) is 6.56. The van der Waals surface area contributed by atoms with Crippen molar-refractivity contribution in [2.24, 2.45) is 0 Å². The minimum absolute atomic E-state index is 0.329. The highest BCUT2D eigenvalue weighted by Gasteiger charge is 2.06. The molecule has 0 spiro atoms. The van der Waals surface area contributed by atoms with Crippen LogP contribution in [0.5, 0.6) is 11.6 Å². The summed E-state index contributed by atoms with van der Waals surface area (Å²) in [5.41, 5.74) is 0.581. The molecule has 0 radical (unpaired) electrons. The molecule has 0 fully saturated rings. The van der Waals surface area contributed by atoms with Crippen LogP contribution in [-0.4, -0.2) is 23.6 Å². The zero-order chi connectivity index (χ0) is 15.1. The van der Waals surface area contributed by atoms with Gasteiger partial charge in [-0.05, 0) is 31.2 Å². The molecule has 2 rings (SSSR count). The number of nitrogens with zero attached hydrogens (tertiary/aromatic N) is 3. The molecule has 0 amide bonds. The predicted octanol–water partition coefficient (Wildman–Crippen LogP) is 2.72. The molecule has 0 aliphatic rings. The van der Waals surface area contributed by atoms with Gasteiger partial charge in [0, 0.05) is 19.7 Å². The van der Waals surface area contributed by atoms with E-state index in [9.17, 15) is 0 Å². The van der Waals surface area contributed by atoms with Gasteiger partial charge in [0.25, 0.3) is 0 Å². The maximum atomic E-state index is 8.77. The second kappa shape index (κ2) is 7.22. The van der Waals surface area contributed by atoms with Crippen LogP contribution in [-0.2, 0) is 11.3 Å². The van der Waals surface area contributed by atoms with Crippen molar-refractivity contribution in [1.29, 1.82) is 5.26 Å². The van der Waals surface area contributed by atoms with Gasteiger partial charge in [-0.25, -0.2) is 4.98 Å². The van der Waals surface area contributed by atoms with E-state index in [0.717, 1.165) is 0 Å². The molecule has 1 N–H and O–H groups in total. The molecule has 1 aromatic carbocycles. The van der Waals surface area contributed by atoms with Gasteiger partial charge in [-0.3, -0.25) is 0 Å². The largest absolute Gasteiger partial charge is 0.439 e. The van der Waals surface area contributed by atoms with E-state index in [4.69, 9.17) is 14.7 Å². The van der Waals surface area contributed by atoms with Gasteiger partial charge in [-0.1, -0.05) is 0 Å². The van der Waals surface area contributed by atoms with Crippen LogP contribution in [0.1, 0.15) is 18.3 Å². The summed E-state index contributed by atoms with van der Waals surface area (Å²) in [6, 6.07) is 10.6. The van der Waals surface area contributed by atoms with E-state index in [-0.39, 0.29) is 0 Å². The molecule has 0 saturated carbocycles. The molecular formula is C15H16N4O2. The van der Waals surface area contributed by atoms with Crippen LogP contribution < -0.4 is 10.1 Å². The van der Waals surface area contributed by atoms with Gasteiger partial charge in [0.15, 0.2) is 5.82 Å². The number of nitriles is 1. The van der Waals surface area contributed by atoms with Crippen molar-refractivity contribution >= 4 is 5.82 Å². The van der Waals surface area contributed by atoms with Crippen molar-refractivity contribution in [3.63, 3.8) is 0 Å². The first-order chi connectivity index (χ1) is 10.2. The second-order valence-corrected chi connectivity index (χ2v) is 4.13. The quantitative estimate of drug-likeness (QED) is 0.878. The Labute approximate surface area is 123 Å². The molecule has 6 nitrogen and oxygen atoms in total. The zero-order valence-corrected chi connectivity index (χ0v) is 12.0. The molecule has 0 bridgehead atoms. The van der Waals surface area contributed by atoms with Gasteiger partial charge < -0.3 is 14.8 Å². The van der Waals surface area contributed by atoms with E-state index in [0.29, 0.717) is 42.0 Å². The lowest BCUT2D eigenvalue weighted by atomic mass is 10.2. The van der Waals surface area contributed by atoms with Crippen LogP contribution >= 0.6 is 0 Å². The van der Waals surface area contributed by atoms with Gasteiger partial charge in [0.1, 0.15) is 18.2 Å². The van der Waals surface area contributed by atoms with Crippen molar-refractivity contribution in [2.75, 3.05) is 19.0 Å². The van der Waals surface area contributed by atoms with Gasteiger partial charge in [0.2, 0.25) is 5.88 Å². The summed E-state index contributed by atoms with van der Waals surface area (Å²) in [5, 5.41) is 11.7. The van der Waals surface area contributed by atoms with E-state index in [1.165, 1.54) is 0 Å². The molecule has 21 heavy (non-hydrogen) atoms. The Bertz CT molecular complexity index is 635. The SMILES string of the molecule is CCOCc1nc(NC)cc(Oc2ccc(C#N)cc2)n1. The molecule has 0 aliphatic heterocycles. The summed E-state index contributed by atoms with van der Waals surface area (Å²) < 4.78 is 11.0. The molecule has 108 valence electrons. The van der Waals surface area contributed by atoms with Crippen LogP contribution in [0.4, 0.5) is 5.82 Å². The third kappa shape index (κ3) is 4.16. The summed E-state index contributed by atoms with van der Waals surface area (Å²) in [7, 11) is 1.78. The van der Waals surface area contributed by atoms with E-state index in [1.54, 1.807) is 37.4 Å². The Hall–Kier alpha value is -2.65. The van der Waals surface area contributed by atoms with Gasteiger partial charge in [-0.2, -0.15) is 10.2 Å². The van der Waals surface area contributed by atoms with Gasteiger partial charge in [0.05, 0.1) is 11.6 Å². The summed E-state index contributed by atoms with van der Waals surface area (Å²) in [5.74, 6) is 2.24. The van der Waals surface area contributed by atoms with Gasteiger partial charge >= 0.3 is 0 Å². The molecule has 2 aromatic rings. The Balaban J connectivity index is 2.19. The molecule has 0 saturated heterocycles. The van der Waals surface area contributed by atoms with Crippen molar-refractivity contribution < 1.29 is 9.47 Å². The zero-order valence-electron chi connectivity index (χ0n) is 12.0. The summed E-state index contributed by atoms with van der Waals surface area (Å²) in [4.78, 5) is 8.58. The molecule has 0 unspecified atom stereocenters. The van der Waals surface area contributed by atoms with E-state index in [2.05, 4.69) is 21.4 Å². The highest BCUT2D eigenvalue weighted by atomic mass is 16.5. The first kappa shape index (κ1) is 14.8. The number of hydrogen-bond donors (Lipinski definition) is 1. The molecule has 0 aliphatic carbocycles.